The average molecular weight is 296 g/mol. The van der Waals surface area contributed by atoms with Crippen molar-refractivity contribution in [3.63, 3.8) is 0 Å². The van der Waals surface area contributed by atoms with Crippen LogP contribution in [0.2, 0.25) is 0 Å². The number of para-hydroxylation sites is 1. The molecule has 0 bridgehead atoms. The minimum absolute atomic E-state index is 0.0252. The summed E-state index contributed by atoms with van der Waals surface area (Å²) in [6.07, 6.45) is 5.28. The van der Waals surface area contributed by atoms with Crippen LogP contribution in [0.15, 0.2) is 42.6 Å². The number of pyridine rings is 1. The Kier molecular flexibility index (Phi) is 3.94. The third-order valence-electron chi connectivity index (χ3n) is 3.83. The molecule has 22 heavy (non-hydrogen) atoms. The average Bonchev–Trinajstić information content (AvgIpc) is 2.51. The first-order chi connectivity index (χ1) is 10.6. The lowest BCUT2D eigenvalue weighted by Gasteiger charge is -2.37. The van der Waals surface area contributed by atoms with E-state index in [4.69, 9.17) is 4.74 Å². The van der Waals surface area contributed by atoms with Crippen LogP contribution in [0.4, 0.5) is 0 Å². The van der Waals surface area contributed by atoms with E-state index in [0.717, 1.165) is 16.5 Å². The largest absolute Gasteiger partial charge is 0.372 e. The number of amides is 1. The third kappa shape index (κ3) is 3.17. The molecule has 0 saturated carbocycles. The van der Waals surface area contributed by atoms with Gasteiger partial charge in [-0.25, -0.2) is 0 Å². The van der Waals surface area contributed by atoms with Gasteiger partial charge in [-0.15, -0.1) is 0 Å². The second-order valence-electron chi connectivity index (χ2n) is 6.12. The first-order valence-corrected chi connectivity index (χ1v) is 7.50. The van der Waals surface area contributed by atoms with Gasteiger partial charge >= 0.3 is 0 Å². The number of aromatic nitrogens is 1. The highest BCUT2D eigenvalue weighted by Crippen LogP contribution is 2.19. The molecule has 1 aliphatic rings. The van der Waals surface area contributed by atoms with Gasteiger partial charge in [0.2, 0.25) is 5.91 Å². The molecule has 1 aromatic carbocycles. The Balaban J connectivity index is 1.79. The number of nitrogens with zero attached hydrogens (tertiary/aromatic N) is 2. The minimum atomic E-state index is -0.273. The Morgan fingerprint density at radius 3 is 2.95 bits per heavy atom. The molecule has 2 aromatic rings. The van der Waals surface area contributed by atoms with E-state index in [0.29, 0.717) is 19.7 Å². The van der Waals surface area contributed by atoms with Gasteiger partial charge in [-0.1, -0.05) is 18.2 Å². The third-order valence-corrected chi connectivity index (χ3v) is 3.83. The quantitative estimate of drug-likeness (QED) is 0.800. The summed E-state index contributed by atoms with van der Waals surface area (Å²) >= 11 is 0. The van der Waals surface area contributed by atoms with Gasteiger partial charge in [-0.2, -0.15) is 0 Å². The Hall–Kier alpha value is -2.20. The van der Waals surface area contributed by atoms with Crippen molar-refractivity contribution in [1.82, 2.24) is 9.88 Å². The molecule has 114 valence electrons. The molecule has 0 radical (unpaired) electrons. The van der Waals surface area contributed by atoms with Crippen LogP contribution in [0.1, 0.15) is 19.4 Å². The van der Waals surface area contributed by atoms with Crippen molar-refractivity contribution in [2.45, 2.75) is 19.4 Å². The predicted octanol–water partition coefficient (Wildman–Crippen LogP) is 2.89. The summed E-state index contributed by atoms with van der Waals surface area (Å²) in [4.78, 5) is 18.5. The number of carbonyl (C=O) groups excluding carboxylic acids is 1. The fourth-order valence-corrected chi connectivity index (χ4v) is 2.73. The summed E-state index contributed by atoms with van der Waals surface area (Å²) in [5, 5.41) is 1.05. The molecule has 0 spiro atoms. The number of carbonyl (C=O) groups is 1. The van der Waals surface area contributed by atoms with Crippen molar-refractivity contribution < 1.29 is 9.53 Å². The number of fused-ring (bicyclic) bond motifs is 1. The van der Waals surface area contributed by atoms with E-state index in [-0.39, 0.29) is 11.5 Å². The van der Waals surface area contributed by atoms with Crippen molar-refractivity contribution >= 4 is 22.9 Å². The molecule has 0 unspecified atom stereocenters. The predicted molar refractivity (Wildman–Crippen MR) is 87.4 cm³/mol. The lowest BCUT2D eigenvalue weighted by molar-refractivity contribution is -0.140. The molecular formula is C18H20N2O2. The molecular weight excluding hydrogens is 276 g/mol. The summed E-state index contributed by atoms with van der Waals surface area (Å²) in [6, 6.07) is 9.86. The molecule has 3 rings (SSSR count). The highest BCUT2D eigenvalue weighted by Gasteiger charge is 2.28. The van der Waals surface area contributed by atoms with E-state index in [1.807, 2.05) is 55.2 Å². The van der Waals surface area contributed by atoms with Crippen molar-refractivity contribution in [2.24, 2.45) is 0 Å². The van der Waals surface area contributed by atoms with E-state index in [1.54, 1.807) is 12.3 Å². The lowest BCUT2D eigenvalue weighted by atomic mass is 10.1. The number of hydrogen-bond donors (Lipinski definition) is 0. The van der Waals surface area contributed by atoms with E-state index in [2.05, 4.69) is 4.98 Å². The fourth-order valence-electron chi connectivity index (χ4n) is 2.73. The maximum Gasteiger partial charge on any atom is 0.246 e. The molecule has 1 amide bonds. The van der Waals surface area contributed by atoms with Crippen LogP contribution in [-0.2, 0) is 9.53 Å². The van der Waals surface area contributed by atoms with E-state index in [9.17, 15) is 4.79 Å². The minimum Gasteiger partial charge on any atom is -0.372 e. The molecule has 4 heteroatoms. The summed E-state index contributed by atoms with van der Waals surface area (Å²) in [6.45, 7) is 5.86. The van der Waals surface area contributed by atoms with Gasteiger partial charge < -0.3 is 9.64 Å². The molecule has 2 heterocycles. The second-order valence-corrected chi connectivity index (χ2v) is 6.12. The maximum absolute atomic E-state index is 12.4. The van der Waals surface area contributed by atoms with Gasteiger partial charge in [0, 0.05) is 30.7 Å². The Labute approximate surface area is 130 Å². The number of rotatable bonds is 2. The number of hydrogen-bond acceptors (Lipinski definition) is 3. The SMILES string of the molecule is CC1(C)CN(C(=O)/C=C/c2ccnc3ccccc23)CCO1. The standard InChI is InChI=1S/C18H20N2O2/c1-18(2)13-20(11-12-22-18)17(21)8-7-14-9-10-19-16-6-4-3-5-15(14)16/h3-10H,11-13H2,1-2H3/b8-7+. The van der Waals surface area contributed by atoms with Crippen LogP contribution in [0, 0.1) is 0 Å². The molecule has 4 nitrogen and oxygen atoms in total. The smallest absolute Gasteiger partial charge is 0.246 e. The van der Waals surface area contributed by atoms with Gasteiger partial charge in [0.1, 0.15) is 0 Å². The number of benzene rings is 1. The summed E-state index contributed by atoms with van der Waals surface area (Å²) < 4.78 is 5.64. The first kappa shape index (κ1) is 14.7. The maximum atomic E-state index is 12.4. The van der Waals surface area contributed by atoms with Gasteiger partial charge in [-0.05, 0) is 37.6 Å². The van der Waals surface area contributed by atoms with Gasteiger partial charge in [-0.3, -0.25) is 9.78 Å². The highest BCUT2D eigenvalue weighted by molar-refractivity contribution is 5.95. The molecule has 1 aromatic heterocycles. The fraction of sp³-hybridized carbons (Fsp3) is 0.333. The van der Waals surface area contributed by atoms with E-state index >= 15 is 0 Å². The number of ether oxygens (including phenoxy) is 1. The van der Waals surface area contributed by atoms with E-state index < -0.39 is 0 Å². The van der Waals surface area contributed by atoms with Crippen LogP contribution >= 0.6 is 0 Å². The molecule has 0 N–H and O–H groups in total. The molecule has 1 fully saturated rings. The monoisotopic (exact) mass is 296 g/mol. The highest BCUT2D eigenvalue weighted by atomic mass is 16.5. The molecule has 1 aliphatic heterocycles. The van der Waals surface area contributed by atoms with Gasteiger partial charge in [0.25, 0.3) is 0 Å². The van der Waals surface area contributed by atoms with Crippen LogP contribution in [0.25, 0.3) is 17.0 Å². The number of morpholine rings is 1. The zero-order valence-electron chi connectivity index (χ0n) is 13.0. The van der Waals surface area contributed by atoms with Crippen molar-refractivity contribution in [3.05, 3.63) is 48.2 Å². The van der Waals surface area contributed by atoms with Crippen LogP contribution in [-0.4, -0.2) is 41.1 Å². The van der Waals surface area contributed by atoms with Crippen molar-refractivity contribution in [1.29, 1.82) is 0 Å². The van der Waals surface area contributed by atoms with Crippen molar-refractivity contribution in [3.8, 4) is 0 Å². The van der Waals surface area contributed by atoms with Gasteiger partial charge in [0.05, 0.1) is 17.7 Å². The van der Waals surface area contributed by atoms with Crippen LogP contribution in [0.5, 0.6) is 0 Å². The Bertz CT molecular complexity index is 717. The topological polar surface area (TPSA) is 42.4 Å². The van der Waals surface area contributed by atoms with E-state index in [1.165, 1.54) is 0 Å². The van der Waals surface area contributed by atoms with Crippen LogP contribution < -0.4 is 0 Å². The summed E-state index contributed by atoms with van der Waals surface area (Å²) in [5.74, 6) is 0.0252. The normalized spacial score (nSPS) is 18.0. The zero-order valence-corrected chi connectivity index (χ0v) is 13.0. The Morgan fingerprint density at radius 1 is 1.32 bits per heavy atom. The van der Waals surface area contributed by atoms with Gasteiger partial charge in [0.15, 0.2) is 0 Å². The van der Waals surface area contributed by atoms with Crippen LogP contribution in [0.3, 0.4) is 0 Å². The molecule has 1 saturated heterocycles. The zero-order chi connectivity index (χ0) is 15.6. The van der Waals surface area contributed by atoms with Crippen molar-refractivity contribution in [2.75, 3.05) is 19.7 Å². The molecule has 0 aliphatic carbocycles. The Morgan fingerprint density at radius 2 is 2.14 bits per heavy atom. The summed E-state index contributed by atoms with van der Waals surface area (Å²) in [7, 11) is 0. The molecule has 0 atom stereocenters. The lowest BCUT2D eigenvalue weighted by Crippen LogP contribution is -2.50. The first-order valence-electron chi connectivity index (χ1n) is 7.50. The summed E-state index contributed by atoms with van der Waals surface area (Å²) in [5.41, 5.74) is 1.67. The second kappa shape index (κ2) is 5.89.